The zero-order chi connectivity index (χ0) is 15.2. The average Bonchev–Trinajstić information content (AvgIpc) is 2.46. The van der Waals surface area contributed by atoms with Crippen LogP contribution < -0.4 is 11.3 Å². The molecule has 0 amide bonds. The van der Waals surface area contributed by atoms with Gasteiger partial charge in [-0.1, -0.05) is 35.3 Å². The molecule has 0 spiro atoms. The molecule has 2 nitrogen and oxygen atoms in total. The molecular weight excluding hydrogens is 330 g/mol. The van der Waals surface area contributed by atoms with Gasteiger partial charge >= 0.3 is 0 Å². The van der Waals surface area contributed by atoms with Gasteiger partial charge in [-0.15, -0.1) is 11.8 Å². The summed E-state index contributed by atoms with van der Waals surface area (Å²) in [5, 5.41) is 1.11. The average molecular weight is 345 g/mol. The maximum absolute atomic E-state index is 13.8. The summed E-state index contributed by atoms with van der Waals surface area (Å²) in [5.74, 6) is 5.93. The van der Waals surface area contributed by atoms with Crippen LogP contribution in [0.4, 0.5) is 4.39 Å². The molecule has 2 aromatic carbocycles. The topological polar surface area (TPSA) is 38.0 Å². The van der Waals surface area contributed by atoms with Crippen LogP contribution in [0.5, 0.6) is 0 Å². The molecule has 0 aliphatic rings. The minimum absolute atomic E-state index is 0.0941. The number of hydrogen-bond donors (Lipinski definition) is 2. The van der Waals surface area contributed by atoms with Crippen LogP contribution in [-0.4, -0.2) is 11.8 Å². The molecule has 21 heavy (non-hydrogen) atoms. The normalized spacial score (nSPS) is 12.4. The van der Waals surface area contributed by atoms with E-state index >= 15 is 0 Å². The Morgan fingerprint density at radius 1 is 1.19 bits per heavy atom. The van der Waals surface area contributed by atoms with Crippen LogP contribution in [0.2, 0.25) is 10.0 Å². The zero-order valence-corrected chi connectivity index (χ0v) is 13.5. The summed E-state index contributed by atoms with van der Waals surface area (Å²) in [6.07, 6.45) is 0.426. The second-order valence-electron chi connectivity index (χ2n) is 4.54. The van der Waals surface area contributed by atoms with E-state index in [2.05, 4.69) is 5.43 Å². The molecular formula is C15H15Cl2FN2S. The number of hydrogen-bond acceptors (Lipinski definition) is 3. The lowest BCUT2D eigenvalue weighted by atomic mass is 10.1. The summed E-state index contributed by atoms with van der Waals surface area (Å²) in [6, 6.07) is 12.1. The van der Waals surface area contributed by atoms with Crippen molar-refractivity contribution in [3.8, 4) is 0 Å². The van der Waals surface area contributed by atoms with Gasteiger partial charge in [0.2, 0.25) is 0 Å². The van der Waals surface area contributed by atoms with E-state index in [4.69, 9.17) is 29.0 Å². The fraction of sp³-hybridized carbons (Fsp3) is 0.200. The number of nitrogens with one attached hydrogen (secondary N) is 1. The lowest BCUT2D eigenvalue weighted by molar-refractivity contribution is 0.547. The molecule has 0 saturated heterocycles. The second-order valence-corrected chi connectivity index (χ2v) is 6.47. The summed E-state index contributed by atoms with van der Waals surface area (Å²) >= 11 is 13.6. The van der Waals surface area contributed by atoms with Crippen LogP contribution in [0.1, 0.15) is 5.56 Å². The Bertz CT molecular complexity index is 590. The first-order valence-electron chi connectivity index (χ1n) is 6.37. The van der Waals surface area contributed by atoms with Gasteiger partial charge in [0.25, 0.3) is 0 Å². The van der Waals surface area contributed by atoms with E-state index in [0.717, 1.165) is 4.90 Å². The smallest absolute Gasteiger partial charge is 0.127 e. The van der Waals surface area contributed by atoms with E-state index < -0.39 is 0 Å². The minimum atomic E-state index is -0.310. The van der Waals surface area contributed by atoms with Gasteiger partial charge < -0.3 is 0 Å². The van der Waals surface area contributed by atoms with E-state index in [-0.39, 0.29) is 11.9 Å². The monoisotopic (exact) mass is 344 g/mol. The highest BCUT2D eigenvalue weighted by molar-refractivity contribution is 7.99. The lowest BCUT2D eigenvalue weighted by Crippen LogP contribution is -2.39. The Balaban J connectivity index is 2.00. The van der Waals surface area contributed by atoms with Crippen molar-refractivity contribution in [2.45, 2.75) is 17.4 Å². The molecule has 0 heterocycles. The fourth-order valence-electron chi connectivity index (χ4n) is 1.89. The number of thioether (sulfide) groups is 1. The summed E-state index contributed by atoms with van der Waals surface area (Å²) in [5.41, 5.74) is 3.19. The van der Waals surface area contributed by atoms with Gasteiger partial charge in [0.1, 0.15) is 5.82 Å². The van der Waals surface area contributed by atoms with Crippen molar-refractivity contribution in [1.82, 2.24) is 5.43 Å². The van der Waals surface area contributed by atoms with Crippen molar-refractivity contribution in [2.24, 2.45) is 5.84 Å². The van der Waals surface area contributed by atoms with Gasteiger partial charge in [-0.25, -0.2) is 4.39 Å². The first-order chi connectivity index (χ1) is 10.1. The third-order valence-corrected chi connectivity index (χ3v) is 4.74. The van der Waals surface area contributed by atoms with Gasteiger partial charge in [-0.2, -0.15) is 0 Å². The Morgan fingerprint density at radius 3 is 2.62 bits per heavy atom. The Kier molecular flexibility index (Phi) is 6.33. The van der Waals surface area contributed by atoms with Gasteiger partial charge in [0.15, 0.2) is 0 Å². The Hall–Kier alpha value is -0.780. The van der Waals surface area contributed by atoms with Crippen molar-refractivity contribution in [3.05, 3.63) is 63.9 Å². The van der Waals surface area contributed by atoms with Crippen molar-refractivity contribution in [3.63, 3.8) is 0 Å². The number of halogens is 3. The molecule has 3 N–H and O–H groups in total. The molecule has 2 rings (SSSR count). The minimum Gasteiger partial charge on any atom is -0.271 e. The molecule has 6 heteroatoms. The highest BCUT2D eigenvalue weighted by Gasteiger charge is 2.14. The van der Waals surface area contributed by atoms with Gasteiger partial charge in [-0.3, -0.25) is 11.3 Å². The SMILES string of the molecule is NNC(CSc1cccc(Cl)c1)Cc1c(F)cccc1Cl. The molecule has 1 unspecified atom stereocenters. The van der Waals surface area contributed by atoms with Crippen LogP contribution in [0, 0.1) is 5.82 Å². The van der Waals surface area contributed by atoms with Crippen LogP contribution in [0.3, 0.4) is 0 Å². The molecule has 0 saturated carbocycles. The van der Waals surface area contributed by atoms with Crippen LogP contribution in [0.25, 0.3) is 0 Å². The van der Waals surface area contributed by atoms with E-state index in [1.165, 1.54) is 6.07 Å². The largest absolute Gasteiger partial charge is 0.271 e. The predicted octanol–water partition coefficient (Wildman–Crippen LogP) is 4.30. The molecule has 0 radical (unpaired) electrons. The Morgan fingerprint density at radius 2 is 1.95 bits per heavy atom. The summed E-state index contributed by atoms with van der Waals surface area (Å²) in [7, 11) is 0. The van der Waals surface area contributed by atoms with E-state index in [1.54, 1.807) is 23.9 Å². The molecule has 0 aliphatic carbocycles. The molecule has 0 aliphatic heterocycles. The summed E-state index contributed by atoms with van der Waals surface area (Å²) in [4.78, 5) is 1.04. The number of nitrogens with two attached hydrogens (primary N) is 1. The van der Waals surface area contributed by atoms with E-state index in [0.29, 0.717) is 27.8 Å². The third kappa shape index (κ3) is 4.87. The predicted molar refractivity (Wildman–Crippen MR) is 88.4 cm³/mol. The Labute approximate surface area is 137 Å². The van der Waals surface area contributed by atoms with Crippen LogP contribution in [-0.2, 0) is 6.42 Å². The van der Waals surface area contributed by atoms with Gasteiger partial charge in [0.05, 0.1) is 0 Å². The van der Waals surface area contributed by atoms with Crippen molar-refractivity contribution >= 4 is 35.0 Å². The molecule has 2 aromatic rings. The second kappa shape index (κ2) is 8.01. The van der Waals surface area contributed by atoms with Crippen LogP contribution in [0.15, 0.2) is 47.4 Å². The van der Waals surface area contributed by atoms with E-state index in [9.17, 15) is 4.39 Å². The molecule has 0 aromatic heterocycles. The molecule has 0 bridgehead atoms. The molecule has 0 fully saturated rings. The van der Waals surface area contributed by atoms with Crippen LogP contribution >= 0.6 is 35.0 Å². The van der Waals surface area contributed by atoms with E-state index in [1.807, 2.05) is 24.3 Å². The number of hydrazine groups is 1. The summed E-state index contributed by atoms with van der Waals surface area (Å²) < 4.78 is 13.8. The lowest BCUT2D eigenvalue weighted by Gasteiger charge is -2.17. The summed E-state index contributed by atoms with van der Waals surface area (Å²) in [6.45, 7) is 0. The maximum atomic E-state index is 13.8. The van der Waals surface area contributed by atoms with Crippen molar-refractivity contribution in [1.29, 1.82) is 0 Å². The highest BCUT2D eigenvalue weighted by Crippen LogP contribution is 2.25. The third-order valence-electron chi connectivity index (χ3n) is 3.00. The molecule has 1 atom stereocenters. The maximum Gasteiger partial charge on any atom is 0.127 e. The first kappa shape index (κ1) is 16.6. The standard InChI is InChI=1S/C15H15Cl2FN2S/c16-10-3-1-4-12(7-10)21-9-11(20-19)8-13-14(17)5-2-6-15(13)18/h1-7,11,20H,8-9,19H2. The molecule has 112 valence electrons. The fourth-order valence-corrected chi connectivity index (χ4v) is 3.38. The quantitative estimate of drug-likeness (QED) is 0.466. The van der Waals surface area contributed by atoms with Gasteiger partial charge in [0, 0.05) is 32.3 Å². The highest BCUT2D eigenvalue weighted by atomic mass is 35.5. The number of benzene rings is 2. The zero-order valence-electron chi connectivity index (χ0n) is 11.2. The first-order valence-corrected chi connectivity index (χ1v) is 8.11. The van der Waals surface area contributed by atoms with Crippen molar-refractivity contribution in [2.75, 3.05) is 5.75 Å². The van der Waals surface area contributed by atoms with Crippen molar-refractivity contribution < 1.29 is 4.39 Å². The number of rotatable bonds is 6. The van der Waals surface area contributed by atoms with Gasteiger partial charge in [-0.05, 0) is 36.8 Å².